The summed E-state index contributed by atoms with van der Waals surface area (Å²) in [5, 5.41) is 12.2. The van der Waals surface area contributed by atoms with Gasteiger partial charge in [0.05, 0.1) is 6.42 Å². The van der Waals surface area contributed by atoms with E-state index in [1.807, 2.05) is 24.3 Å². The third-order valence-corrected chi connectivity index (χ3v) is 7.35. The zero-order valence-electron chi connectivity index (χ0n) is 19.3. The monoisotopic (exact) mass is 419 g/mol. The summed E-state index contributed by atoms with van der Waals surface area (Å²) in [6.07, 6.45) is 16.8. The van der Waals surface area contributed by atoms with Gasteiger partial charge in [0.25, 0.3) is 0 Å². The Morgan fingerprint density at radius 1 is 0.759 bits per heavy atom. The van der Waals surface area contributed by atoms with E-state index in [2.05, 4.69) is 25.0 Å². The Labute approximate surface area is 180 Å². The molecule has 0 radical (unpaired) electrons. The lowest BCUT2D eigenvalue weighted by molar-refractivity contribution is -0.136. The number of hydrogen-bond acceptors (Lipinski definition) is 2. The van der Waals surface area contributed by atoms with Crippen LogP contribution in [-0.4, -0.2) is 25.7 Å². The summed E-state index contributed by atoms with van der Waals surface area (Å²) >= 11 is 0. The average Bonchev–Trinajstić information content (AvgIpc) is 2.65. The van der Waals surface area contributed by atoms with Crippen molar-refractivity contribution in [2.24, 2.45) is 0 Å². The van der Waals surface area contributed by atoms with Crippen molar-refractivity contribution in [2.45, 2.75) is 109 Å². The highest BCUT2D eigenvalue weighted by molar-refractivity contribution is 6.76. The molecule has 0 unspecified atom stereocenters. The van der Waals surface area contributed by atoms with Gasteiger partial charge in [-0.05, 0) is 24.1 Å². The molecule has 0 aliphatic rings. The van der Waals surface area contributed by atoms with Gasteiger partial charge in [-0.1, -0.05) is 108 Å². The second-order valence-electron chi connectivity index (χ2n) is 9.75. The molecule has 0 bridgehead atoms. The largest absolute Gasteiger partial charge is 0.481 e. The molecule has 29 heavy (non-hydrogen) atoms. The van der Waals surface area contributed by atoms with Crippen molar-refractivity contribution in [2.75, 3.05) is 11.9 Å². The standard InChI is InChI=1S/C25H45NO2Si/c1-29(2,3)21-15-13-11-9-7-5-4-6-8-10-12-14-20-26-24-18-16-23(17-19-24)22-25(27)28/h16-19,26H,4-15,20-22H2,1-3H3,(H,27,28). The number of rotatable bonds is 18. The van der Waals surface area contributed by atoms with Crippen LogP contribution in [0.5, 0.6) is 0 Å². The maximum atomic E-state index is 10.7. The predicted octanol–water partition coefficient (Wildman–Crippen LogP) is 7.75. The average molecular weight is 420 g/mol. The first kappa shape index (κ1) is 25.7. The molecule has 1 rings (SSSR count). The quantitative estimate of drug-likeness (QED) is 0.189. The Hall–Kier alpha value is -1.29. The Bertz CT molecular complexity index is 537. The highest BCUT2D eigenvalue weighted by atomic mass is 28.3. The van der Waals surface area contributed by atoms with Gasteiger partial charge in [-0.2, -0.15) is 0 Å². The van der Waals surface area contributed by atoms with Gasteiger partial charge in [-0.3, -0.25) is 4.79 Å². The van der Waals surface area contributed by atoms with Crippen LogP contribution in [-0.2, 0) is 11.2 Å². The Morgan fingerprint density at radius 2 is 1.21 bits per heavy atom. The number of hydrogen-bond donors (Lipinski definition) is 2. The van der Waals surface area contributed by atoms with E-state index in [0.717, 1.165) is 17.8 Å². The highest BCUT2D eigenvalue weighted by Crippen LogP contribution is 2.16. The molecule has 0 spiro atoms. The van der Waals surface area contributed by atoms with E-state index in [-0.39, 0.29) is 6.42 Å². The second-order valence-corrected chi connectivity index (χ2v) is 15.4. The van der Waals surface area contributed by atoms with E-state index in [9.17, 15) is 4.79 Å². The van der Waals surface area contributed by atoms with Crippen LogP contribution in [0.2, 0.25) is 25.7 Å². The molecule has 3 nitrogen and oxygen atoms in total. The molecule has 1 aromatic carbocycles. The van der Waals surface area contributed by atoms with Crippen molar-refractivity contribution < 1.29 is 9.90 Å². The summed E-state index contributed by atoms with van der Waals surface area (Å²) in [5.41, 5.74) is 1.93. The van der Waals surface area contributed by atoms with E-state index in [1.165, 1.54) is 83.1 Å². The van der Waals surface area contributed by atoms with E-state index in [0.29, 0.717) is 0 Å². The highest BCUT2D eigenvalue weighted by Gasteiger charge is 2.11. The molecule has 4 heteroatoms. The van der Waals surface area contributed by atoms with E-state index in [1.54, 1.807) is 0 Å². The summed E-state index contributed by atoms with van der Waals surface area (Å²) in [5.74, 6) is -0.779. The van der Waals surface area contributed by atoms with Crippen LogP contribution in [0.1, 0.15) is 82.6 Å². The van der Waals surface area contributed by atoms with Crippen LogP contribution in [0.25, 0.3) is 0 Å². The van der Waals surface area contributed by atoms with Gasteiger partial charge in [-0.15, -0.1) is 0 Å². The third-order valence-electron chi connectivity index (χ3n) is 5.49. The molecule has 1 aromatic rings. The number of carboxylic acid groups (broad SMARTS) is 1. The van der Waals surface area contributed by atoms with E-state index in [4.69, 9.17) is 5.11 Å². The first-order valence-electron chi connectivity index (χ1n) is 11.9. The fourth-order valence-corrected chi connectivity index (χ4v) is 5.01. The SMILES string of the molecule is C[Si](C)(C)CCCCCCCCCCCCCCNc1ccc(CC(=O)O)cc1. The van der Waals surface area contributed by atoms with Crippen molar-refractivity contribution in [1.82, 2.24) is 0 Å². The number of nitrogens with one attached hydrogen (secondary N) is 1. The first-order chi connectivity index (χ1) is 13.9. The van der Waals surface area contributed by atoms with E-state index >= 15 is 0 Å². The van der Waals surface area contributed by atoms with Crippen LogP contribution in [0.4, 0.5) is 5.69 Å². The van der Waals surface area contributed by atoms with Crippen molar-refractivity contribution >= 4 is 19.7 Å². The molecule has 0 saturated heterocycles. The molecule has 0 aliphatic carbocycles. The minimum absolute atomic E-state index is 0.0962. The lowest BCUT2D eigenvalue weighted by Gasteiger charge is -2.14. The number of carbonyl (C=O) groups is 1. The Morgan fingerprint density at radius 3 is 1.66 bits per heavy atom. The third kappa shape index (κ3) is 16.2. The van der Waals surface area contributed by atoms with Crippen LogP contribution in [0.15, 0.2) is 24.3 Å². The number of unbranched alkanes of at least 4 members (excludes halogenated alkanes) is 11. The smallest absolute Gasteiger partial charge is 0.307 e. The lowest BCUT2D eigenvalue weighted by atomic mass is 10.1. The number of carboxylic acids is 1. The minimum atomic E-state index is -0.806. The molecule has 0 atom stereocenters. The van der Waals surface area contributed by atoms with Gasteiger partial charge >= 0.3 is 5.97 Å². The van der Waals surface area contributed by atoms with Crippen molar-refractivity contribution in [3.63, 3.8) is 0 Å². The molecule has 0 aromatic heterocycles. The van der Waals surface area contributed by atoms with Crippen molar-refractivity contribution in [1.29, 1.82) is 0 Å². The fourth-order valence-electron chi connectivity index (χ4n) is 3.70. The van der Waals surface area contributed by atoms with Crippen LogP contribution >= 0.6 is 0 Å². The zero-order chi connectivity index (χ0) is 21.4. The predicted molar refractivity (Wildman–Crippen MR) is 130 cm³/mol. The summed E-state index contributed by atoms with van der Waals surface area (Å²) < 4.78 is 0. The van der Waals surface area contributed by atoms with Gasteiger partial charge in [0.1, 0.15) is 0 Å². The van der Waals surface area contributed by atoms with Gasteiger partial charge in [0.2, 0.25) is 0 Å². The molecule has 166 valence electrons. The maximum Gasteiger partial charge on any atom is 0.307 e. The molecule has 0 amide bonds. The van der Waals surface area contributed by atoms with Gasteiger partial charge in [-0.25, -0.2) is 0 Å². The number of benzene rings is 1. The molecule has 0 heterocycles. The van der Waals surface area contributed by atoms with Gasteiger partial charge < -0.3 is 10.4 Å². The van der Waals surface area contributed by atoms with Gasteiger partial charge in [0.15, 0.2) is 0 Å². The van der Waals surface area contributed by atoms with Crippen molar-refractivity contribution in [3.05, 3.63) is 29.8 Å². The van der Waals surface area contributed by atoms with Crippen LogP contribution in [0, 0.1) is 0 Å². The number of aliphatic carboxylic acids is 1. The fraction of sp³-hybridized carbons (Fsp3) is 0.720. The van der Waals surface area contributed by atoms with Gasteiger partial charge in [0, 0.05) is 20.3 Å². The summed E-state index contributed by atoms with van der Waals surface area (Å²) in [4.78, 5) is 10.7. The molecule has 0 saturated carbocycles. The Balaban J connectivity index is 1.84. The van der Waals surface area contributed by atoms with Crippen LogP contribution < -0.4 is 5.32 Å². The molecule has 0 fully saturated rings. The molecular weight excluding hydrogens is 374 g/mol. The molecule has 2 N–H and O–H groups in total. The topological polar surface area (TPSA) is 49.3 Å². The molecule has 0 aliphatic heterocycles. The van der Waals surface area contributed by atoms with Crippen LogP contribution in [0.3, 0.4) is 0 Å². The normalized spacial score (nSPS) is 11.6. The summed E-state index contributed by atoms with van der Waals surface area (Å²) in [7, 11) is -0.806. The van der Waals surface area contributed by atoms with Crippen molar-refractivity contribution in [3.8, 4) is 0 Å². The maximum absolute atomic E-state index is 10.7. The van der Waals surface area contributed by atoms with E-state index < -0.39 is 14.0 Å². The minimum Gasteiger partial charge on any atom is -0.481 e. The molecular formula is C25H45NO2Si. The second kappa shape index (κ2) is 15.5. The summed E-state index contributed by atoms with van der Waals surface area (Å²) in [6, 6.07) is 9.24. The first-order valence-corrected chi connectivity index (χ1v) is 15.6. The Kier molecular flexibility index (Phi) is 13.8. The number of anilines is 1. The summed E-state index contributed by atoms with van der Waals surface area (Å²) in [6.45, 7) is 8.43. The lowest BCUT2D eigenvalue weighted by Crippen LogP contribution is -2.18. The zero-order valence-corrected chi connectivity index (χ0v) is 20.3.